The summed E-state index contributed by atoms with van der Waals surface area (Å²) in [7, 11) is 3.10. The molecule has 0 radical (unpaired) electrons. The zero-order chi connectivity index (χ0) is 22.3. The molecule has 8 nitrogen and oxygen atoms in total. The first-order valence-corrected chi connectivity index (χ1v) is 12.3. The second-order valence-corrected chi connectivity index (χ2v) is 10.2. The lowest BCUT2D eigenvalue weighted by molar-refractivity contribution is -0.139. The van der Waals surface area contributed by atoms with Crippen molar-refractivity contribution < 1.29 is 19.1 Å². The van der Waals surface area contributed by atoms with Crippen molar-refractivity contribution >= 4 is 115 Å². The Kier molecular flexibility index (Phi) is 10.5. The van der Waals surface area contributed by atoms with Gasteiger partial charge in [-0.3, -0.25) is 9.59 Å². The number of hydrogen-bond donors (Lipinski definition) is 2. The molecule has 0 atom stereocenters. The number of ether oxygens (including phenoxy) is 2. The zero-order valence-electron chi connectivity index (χ0n) is 15.5. The molecule has 2 amide bonds. The van der Waals surface area contributed by atoms with Gasteiger partial charge in [-0.15, -0.1) is 0 Å². The minimum Gasteiger partial charge on any atom is -0.495 e. The number of carbonyl (C=O) groups is 2. The van der Waals surface area contributed by atoms with Crippen molar-refractivity contribution in [1.82, 2.24) is 10.9 Å². The molecule has 2 rings (SSSR count). The third kappa shape index (κ3) is 7.14. The summed E-state index contributed by atoms with van der Waals surface area (Å²) in [5, 5.41) is 7.65. The predicted molar refractivity (Wildman–Crippen MR) is 148 cm³/mol. The summed E-state index contributed by atoms with van der Waals surface area (Å²) < 4.78 is 14.5. The smallest absolute Gasteiger partial charge is 0.331 e. The van der Waals surface area contributed by atoms with Crippen LogP contribution in [0.3, 0.4) is 0 Å². The van der Waals surface area contributed by atoms with Gasteiger partial charge in [0.15, 0.2) is 0 Å². The fraction of sp³-hybridized carbons (Fsp3) is 0.111. The second-order valence-electron chi connectivity index (χ2n) is 5.42. The van der Waals surface area contributed by atoms with Gasteiger partial charge in [0.1, 0.15) is 11.5 Å². The van der Waals surface area contributed by atoms with Crippen LogP contribution in [0, 0.1) is 14.3 Å². The Bertz CT molecular complexity index is 946. The average molecular weight is 858 g/mol. The highest BCUT2D eigenvalue weighted by molar-refractivity contribution is 14.1. The van der Waals surface area contributed by atoms with Crippen LogP contribution >= 0.6 is 90.4 Å². The number of hydrazone groups is 2. The quantitative estimate of drug-likeness (QED) is 0.201. The van der Waals surface area contributed by atoms with Crippen LogP contribution in [0.1, 0.15) is 11.1 Å². The third-order valence-corrected chi connectivity index (χ3v) is 6.28. The van der Waals surface area contributed by atoms with E-state index >= 15 is 0 Å². The van der Waals surface area contributed by atoms with Crippen molar-refractivity contribution in [1.29, 1.82) is 0 Å². The Morgan fingerprint density at radius 1 is 0.767 bits per heavy atom. The SMILES string of the molecule is COc1c(I)cc(I)cc1C=NNC(=O)C(=O)N/N=C/c1cc(I)cc(I)c1OC. The first-order valence-electron chi connectivity index (χ1n) is 7.99. The molecule has 0 aliphatic carbocycles. The molecular formula is C18H14I4N4O4. The number of rotatable bonds is 6. The van der Waals surface area contributed by atoms with Gasteiger partial charge < -0.3 is 9.47 Å². The molecule has 0 bridgehead atoms. The fourth-order valence-electron chi connectivity index (χ4n) is 2.21. The summed E-state index contributed by atoms with van der Waals surface area (Å²) in [6.07, 6.45) is 2.83. The van der Waals surface area contributed by atoms with E-state index in [0.717, 1.165) is 14.3 Å². The number of methoxy groups -OCH3 is 2. The van der Waals surface area contributed by atoms with E-state index in [0.29, 0.717) is 22.6 Å². The maximum Gasteiger partial charge on any atom is 0.331 e. The maximum atomic E-state index is 11.9. The minimum atomic E-state index is -0.952. The van der Waals surface area contributed by atoms with Gasteiger partial charge in [0.2, 0.25) is 0 Å². The summed E-state index contributed by atoms with van der Waals surface area (Å²) in [5.74, 6) is -0.646. The molecule has 0 fully saturated rings. The molecule has 0 saturated carbocycles. The number of carbonyl (C=O) groups excluding carboxylic acids is 2. The van der Waals surface area contributed by atoms with Crippen molar-refractivity contribution in [3.8, 4) is 11.5 Å². The normalized spacial score (nSPS) is 11.0. The minimum absolute atomic E-state index is 0.629. The Hall–Kier alpha value is -0.760. The maximum absolute atomic E-state index is 11.9. The molecule has 0 spiro atoms. The predicted octanol–water partition coefficient (Wildman–Crippen LogP) is 3.72. The number of halogens is 4. The molecule has 0 aliphatic heterocycles. The Morgan fingerprint density at radius 3 is 1.47 bits per heavy atom. The molecule has 158 valence electrons. The standard InChI is InChI=1S/C18H14I4N4O4/c1-29-15-9(3-11(19)5-13(15)21)7-23-25-17(27)18(28)26-24-8-10-4-12(20)6-14(22)16(10)30-2/h3-8H,1-2H3,(H,25,27)(H,26,28)/b23-7+,24-8?. The van der Waals surface area contributed by atoms with Gasteiger partial charge in [0, 0.05) is 18.3 Å². The molecular weight excluding hydrogens is 844 g/mol. The van der Waals surface area contributed by atoms with Crippen LogP contribution < -0.4 is 20.3 Å². The van der Waals surface area contributed by atoms with Gasteiger partial charge >= 0.3 is 11.8 Å². The fourth-order valence-corrected chi connectivity index (χ4v) is 6.43. The highest BCUT2D eigenvalue weighted by Crippen LogP contribution is 2.27. The van der Waals surface area contributed by atoms with Crippen LogP contribution in [0.2, 0.25) is 0 Å². The zero-order valence-corrected chi connectivity index (χ0v) is 24.1. The Balaban J connectivity index is 2.01. The number of amides is 2. The monoisotopic (exact) mass is 858 g/mol. The highest BCUT2D eigenvalue weighted by atomic mass is 127. The van der Waals surface area contributed by atoms with Crippen LogP contribution in [0.15, 0.2) is 34.5 Å². The van der Waals surface area contributed by atoms with Crippen LogP contribution in [-0.2, 0) is 9.59 Å². The van der Waals surface area contributed by atoms with Crippen LogP contribution in [0.25, 0.3) is 0 Å². The summed E-state index contributed by atoms with van der Waals surface area (Å²) in [4.78, 5) is 23.8. The van der Waals surface area contributed by atoms with Crippen molar-refractivity contribution in [2.45, 2.75) is 0 Å². The molecule has 2 aromatic carbocycles. The van der Waals surface area contributed by atoms with E-state index in [1.807, 2.05) is 24.3 Å². The summed E-state index contributed by atoms with van der Waals surface area (Å²) in [6.45, 7) is 0. The van der Waals surface area contributed by atoms with Crippen LogP contribution in [0.4, 0.5) is 0 Å². The molecule has 12 heteroatoms. The highest BCUT2D eigenvalue weighted by Gasteiger charge is 2.13. The average Bonchev–Trinajstić information content (AvgIpc) is 2.67. The van der Waals surface area contributed by atoms with Crippen molar-refractivity contribution in [3.05, 3.63) is 49.7 Å². The van der Waals surface area contributed by atoms with Gasteiger partial charge in [-0.1, -0.05) is 0 Å². The topological polar surface area (TPSA) is 101 Å². The summed E-state index contributed by atoms with van der Waals surface area (Å²) in [6, 6.07) is 7.59. The number of nitrogens with zero attached hydrogens (tertiary/aromatic N) is 2. The summed E-state index contributed by atoms with van der Waals surface area (Å²) >= 11 is 8.63. The van der Waals surface area contributed by atoms with Gasteiger partial charge in [-0.2, -0.15) is 10.2 Å². The molecule has 2 aromatic rings. The van der Waals surface area contributed by atoms with E-state index in [-0.39, 0.29) is 0 Å². The van der Waals surface area contributed by atoms with Gasteiger partial charge in [-0.05, 0) is 115 Å². The van der Waals surface area contributed by atoms with Crippen molar-refractivity contribution in [3.63, 3.8) is 0 Å². The lowest BCUT2D eigenvalue weighted by Gasteiger charge is -2.08. The van der Waals surface area contributed by atoms with E-state index in [1.165, 1.54) is 12.4 Å². The second kappa shape index (κ2) is 12.3. The molecule has 0 heterocycles. The van der Waals surface area contributed by atoms with Gasteiger partial charge in [0.05, 0.1) is 33.8 Å². The molecule has 30 heavy (non-hydrogen) atoms. The van der Waals surface area contributed by atoms with E-state index in [2.05, 4.69) is 111 Å². The molecule has 0 unspecified atom stereocenters. The van der Waals surface area contributed by atoms with E-state index < -0.39 is 11.8 Å². The molecule has 0 saturated heterocycles. The van der Waals surface area contributed by atoms with E-state index in [4.69, 9.17) is 9.47 Å². The Labute approximate surface area is 227 Å². The van der Waals surface area contributed by atoms with Crippen molar-refractivity contribution in [2.75, 3.05) is 14.2 Å². The lowest BCUT2D eigenvalue weighted by atomic mass is 10.2. The number of hydrogen-bond acceptors (Lipinski definition) is 6. The van der Waals surface area contributed by atoms with Gasteiger partial charge in [0.25, 0.3) is 0 Å². The molecule has 0 aromatic heterocycles. The third-order valence-electron chi connectivity index (χ3n) is 3.43. The largest absolute Gasteiger partial charge is 0.495 e. The molecule has 0 aliphatic rings. The van der Waals surface area contributed by atoms with Gasteiger partial charge in [-0.25, -0.2) is 10.9 Å². The molecule has 2 N–H and O–H groups in total. The first-order chi connectivity index (χ1) is 14.3. The number of benzene rings is 2. The summed E-state index contributed by atoms with van der Waals surface area (Å²) in [5.41, 5.74) is 5.68. The van der Waals surface area contributed by atoms with Crippen LogP contribution in [0.5, 0.6) is 11.5 Å². The Morgan fingerprint density at radius 2 is 1.13 bits per heavy atom. The van der Waals surface area contributed by atoms with E-state index in [9.17, 15) is 9.59 Å². The first kappa shape index (κ1) is 25.5. The lowest BCUT2D eigenvalue weighted by Crippen LogP contribution is -2.35. The van der Waals surface area contributed by atoms with E-state index in [1.54, 1.807) is 14.2 Å². The number of nitrogens with one attached hydrogen (secondary N) is 2. The van der Waals surface area contributed by atoms with Crippen LogP contribution in [-0.4, -0.2) is 38.5 Å². The van der Waals surface area contributed by atoms with Crippen molar-refractivity contribution in [2.24, 2.45) is 10.2 Å².